The summed E-state index contributed by atoms with van der Waals surface area (Å²) < 4.78 is 12.6. The highest BCUT2D eigenvalue weighted by Crippen LogP contribution is 2.41. The Bertz CT molecular complexity index is 2070. The van der Waals surface area contributed by atoms with Gasteiger partial charge in [0.2, 0.25) is 0 Å². The number of hydrogen-bond acceptors (Lipinski definition) is 6. The number of nitrogens with one attached hydrogen (secondary N) is 1. The van der Waals surface area contributed by atoms with Crippen LogP contribution in [0.5, 0.6) is 0 Å². The van der Waals surface area contributed by atoms with Gasteiger partial charge in [0, 0.05) is 12.6 Å². The van der Waals surface area contributed by atoms with Crippen LogP contribution in [0.1, 0.15) is 23.8 Å². The summed E-state index contributed by atoms with van der Waals surface area (Å²) in [5.74, 6) is 5.64. The van der Waals surface area contributed by atoms with E-state index < -0.39 is 29.7 Å². The van der Waals surface area contributed by atoms with Gasteiger partial charge in [-0.2, -0.15) is 0 Å². The van der Waals surface area contributed by atoms with Crippen LogP contribution in [0.2, 0.25) is 0 Å². The molecule has 0 amide bonds. The van der Waals surface area contributed by atoms with E-state index in [1.807, 2.05) is 0 Å². The Morgan fingerprint density at radius 1 is 0.927 bits per heavy atom. The highest BCUT2D eigenvalue weighted by molar-refractivity contribution is 6.33. The Balaban J connectivity index is 1.14. The monoisotopic (exact) mass is 546 g/mol. The molecule has 1 aliphatic heterocycles. The normalized spacial score (nSPS) is 18.9. The van der Waals surface area contributed by atoms with Crippen molar-refractivity contribution in [3.8, 4) is 11.8 Å². The van der Waals surface area contributed by atoms with E-state index in [0.29, 0.717) is 6.61 Å². The SMILES string of the molecule is O=c1[nH]c(=O)n([C@H]2C[C@H](O)[C@@H](CO)O2)cc1C#CCOCc1ccc2c3cccc4cccc(c5cccc1c52)c43. The Morgan fingerprint density at radius 2 is 1.61 bits per heavy atom. The van der Waals surface area contributed by atoms with Gasteiger partial charge < -0.3 is 19.7 Å². The van der Waals surface area contributed by atoms with E-state index in [9.17, 15) is 19.8 Å². The molecular formula is C33H26N2O6. The molecular weight excluding hydrogens is 520 g/mol. The molecule has 1 fully saturated rings. The lowest BCUT2D eigenvalue weighted by Crippen LogP contribution is -2.33. The zero-order chi connectivity index (χ0) is 28.1. The lowest BCUT2D eigenvalue weighted by atomic mass is 9.88. The minimum absolute atomic E-state index is 0.0770. The number of aromatic amines is 1. The molecule has 204 valence electrons. The topological polar surface area (TPSA) is 114 Å². The third-order valence-corrected chi connectivity index (χ3v) is 7.93. The molecule has 1 aliphatic rings. The molecule has 8 nitrogen and oxygen atoms in total. The molecule has 3 N–H and O–H groups in total. The maximum absolute atomic E-state index is 12.3. The quantitative estimate of drug-likeness (QED) is 0.131. The zero-order valence-electron chi connectivity index (χ0n) is 22.0. The van der Waals surface area contributed by atoms with Crippen molar-refractivity contribution in [3.05, 3.63) is 105 Å². The number of aromatic nitrogens is 2. The number of aliphatic hydroxyl groups excluding tert-OH is 2. The summed E-state index contributed by atoms with van der Waals surface area (Å²) in [6, 6.07) is 23.5. The molecule has 41 heavy (non-hydrogen) atoms. The van der Waals surface area contributed by atoms with E-state index >= 15 is 0 Å². The van der Waals surface area contributed by atoms with Crippen LogP contribution in [-0.2, 0) is 16.1 Å². The van der Waals surface area contributed by atoms with Crippen molar-refractivity contribution in [1.29, 1.82) is 0 Å². The predicted molar refractivity (Wildman–Crippen MR) is 157 cm³/mol. The van der Waals surface area contributed by atoms with Crippen LogP contribution >= 0.6 is 0 Å². The van der Waals surface area contributed by atoms with Gasteiger partial charge in [-0.1, -0.05) is 78.6 Å². The maximum atomic E-state index is 12.3. The van der Waals surface area contributed by atoms with Crippen molar-refractivity contribution in [2.45, 2.75) is 31.5 Å². The summed E-state index contributed by atoms with van der Waals surface area (Å²) in [5.41, 5.74) is -0.168. The smallest absolute Gasteiger partial charge is 0.330 e. The molecule has 8 heteroatoms. The number of fused-ring (bicyclic) bond motifs is 2. The predicted octanol–water partition coefficient (Wildman–Crippen LogP) is 3.80. The summed E-state index contributed by atoms with van der Waals surface area (Å²) >= 11 is 0. The molecule has 5 aromatic carbocycles. The summed E-state index contributed by atoms with van der Waals surface area (Å²) in [6.45, 7) is 0.0460. The highest BCUT2D eigenvalue weighted by atomic mass is 16.5. The first-order chi connectivity index (χ1) is 20.0. The van der Waals surface area contributed by atoms with E-state index in [0.717, 1.165) is 10.9 Å². The number of H-pyrrole nitrogens is 1. The molecule has 0 radical (unpaired) electrons. The lowest BCUT2D eigenvalue weighted by molar-refractivity contribution is -0.0459. The minimum Gasteiger partial charge on any atom is -0.394 e. The molecule has 6 aromatic rings. The number of rotatable bonds is 5. The Kier molecular flexibility index (Phi) is 6.30. The van der Waals surface area contributed by atoms with Crippen LogP contribution in [0.3, 0.4) is 0 Å². The van der Waals surface area contributed by atoms with E-state index in [1.165, 1.54) is 48.5 Å². The van der Waals surface area contributed by atoms with Gasteiger partial charge in [0.05, 0.1) is 19.3 Å². The van der Waals surface area contributed by atoms with E-state index in [-0.39, 0.29) is 25.2 Å². The van der Waals surface area contributed by atoms with Gasteiger partial charge in [0.15, 0.2) is 0 Å². The van der Waals surface area contributed by atoms with Crippen molar-refractivity contribution in [2.24, 2.45) is 0 Å². The molecule has 0 saturated carbocycles. The van der Waals surface area contributed by atoms with Gasteiger partial charge in [-0.05, 0) is 48.7 Å². The minimum atomic E-state index is -0.912. The largest absolute Gasteiger partial charge is 0.394 e. The maximum Gasteiger partial charge on any atom is 0.330 e. The van der Waals surface area contributed by atoms with Gasteiger partial charge in [-0.3, -0.25) is 14.3 Å². The van der Waals surface area contributed by atoms with Crippen LogP contribution in [0, 0.1) is 11.8 Å². The van der Waals surface area contributed by atoms with Crippen LogP contribution < -0.4 is 11.2 Å². The summed E-state index contributed by atoms with van der Waals surface area (Å²) in [4.78, 5) is 26.9. The van der Waals surface area contributed by atoms with Gasteiger partial charge >= 0.3 is 5.69 Å². The zero-order valence-corrected chi connectivity index (χ0v) is 22.0. The second kappa shape index (κ2) is 10.1. The van der Waals surface area contributed by atoms with E-state index in [4.69, 9.17) is 9.47 Å². The van der Waals surface area contributed by atoms with Gasteiger partial charge in [-0.25, -0.2) is 4.79 Å². The van der Waals surface area contributed by atoms with E-state index in [2.05, 4.69) is 83.6 Å². The third kappa shape index (κ3) is 4.27. The molecule has 0 bridgehead atoms. The van der Waals surface area contributed by atoms with Crippen molar-refractivity contribution in [1.82, 2.24) is 9.55 Å². The number of nitrogens with zero attached hydrogens (tertiary/aromatic N) is 1. The van der Waals surface area contributed by atoms with Crippen molar-refractivity contribution < 1.29 is 19.7 Å². The molecule has 0 aliphatic carbocycles. The summed E-state index contributed by atoms with van der Waals surface area (Å²) in [5, 5.41) is 29.1. The van der Waals surface area contributed by atoms with Crippen LogP contribution in [0.4, 0.5) is 0 Å². The van der Waals surface area contributed by atoms with Gasteiger partial charge in [-0.15, -0.1) is 0 Å². The molecule has 1 saturated heterocycles. The fourth-order valence-electron chi connectivity index (χ4n) is 6.01. The number of hydrogen-bond donors (Lipinski definition) is 3. The van der Waals surface area contributed by atoms with Gasteiger partial charge in [0.25, 0.3) is 5.56 Å². The van der Waals surface area contributed by atoms with Crippen molar-refractivity contribution in [3.63, 3.8) is 0 Å². The first kappa shape index (κ1) is 25.4. The summed E-state index contributed by atoms with van der Waals surface area (Å²) in [6.07, 6.45) is -1.08. The summed E-state index contributed by atoms with van der Waals surface area (Å²) in [7, 11) is 0. The molecule has 0 unspecified atom stereocenters. The Hall–Kier alpha value is -4.52. The highest BCUT2D eigenvalue weighted by Gasteiger charge is 2.35. The van der Waals surface area contributed by atoms with Crippen LogP contribution in [0.15, 0.2) is 82.5 Å². The average molecular weight is 547 g/mol. The fraction of sp³-hybridized carbons (Fsp3) is 0.212. The molecule has 2 heterocycles. The molecule has 1 aromatic heterocycles. The van der Waals surface area contributed by atoms with E-state index in [1.54, 1.807) is 0 Å². The first-order valence-corrected chi connectivity index (χ1v) is 13.5. The number of ether oxygens (including phenoxy) is 2. The second-order valence-electron chi connectivity index (χ2n) is 10.3. The second-order valence-corrected chi connectivity index (χ2v) is 10.3. The molecule has 3 atom stereocenters. The molecule has 0 spiro atoms. The third-order valence-electron chi connectivity index (χ3n) is 7.93. The molecule has 7 rings (SSSR count). The van der Waals surface area contributed by atoms with Crippen LogP contribution in [0.25, 0.3) is 43.1 Å². The van der Waals surface area contributed by atoms with Gasteiger partial charge in [0.1, 0.15) is 24.5 Å². The average Bonchev–Trinajstić information content (AvgIpc) is 3.37. The Morgan fingerprint density at radius 3 is 2.34 bits per heavy atom. The number of aliphatic hydroxyl groups is 2. The van der Waals surface area contributed by atoms with Crippen LogP contribution in [-0.4, -0.2) is 45.2 Å². The fourth-order valence-corrected chi connectivity index (χ4v) is 6.01. The lowest BCUT2D eigenvalue weighted by Gasteiger charge is -2.16. The van der Waals surface area contributed by atoms with Crippen molar-refractivity contribution in [2.75, 3.05) is 13.2 Å². The number of benzene rings is 5. The standard InChI is InChI=1S/C33H26N2O6/c36-17-28-27(37)15-29(41-28)35-16-20(32(38)34-33(35)39)7-4-14-40-18-21-12-13-26-24-10-2-6-19-5-1-9-23(30(19)24)25-11-3-8-22(21)31(25)26/h1-3,5-6,8-13,16,27-29,36-37H,14-15,17-18H2,(H,34,38,39)/t27-,28+,29+/m0/s1. The Labute approximate surface area is 233 Å². The first-order valence-electron chi connectivity index (χ1n) is 13.5. The van der Waals surface area contributed by atoms with Crippen molar-refractivity contribution >= 4 is 43.1 Å².